The second kappa shape index (κ2) is 7.49. The van der Waals surface area contributed by atoms with Gasteiger partial charge in [-0.2, -0.15) is 0 Å². The standard InChI is InChI=1S/C17H22ClN3O4/c1-24-10-17(4-2-3-5-17)9-19-16(23)20-11-6-12(18)15-13(7-11)21-14(22)8-25-15/h6-7H,2-5,8-10H2,1H3,(H,21,22)(H2,19,20,23). The molecule has 2 aliphatic rings. The van der Waals surface area contributed by atoms with Gasteiger partial charge in [0, 0.05) is 24.8 Å². The van der Waals surface area contributed by atoms with Gasteiger partial charge in [0.05, 0.1) is 17.3 Å². The number of nitrogens with one attached hydrogen (secondary N) is 3. The average molecular weight is 368 g/mol. The van der Waals surface area contributed by atoms with E-state index < -0.39 is 0 Å². The SMILES string of the molecule is COCC1(CNC(=O)Nc2cc(Cl)c3c(c2)NC(=O)CO3)CCCC1. The lowest BCUT2D eigenvalue weighted by atomic mass is 9.87. The van der Waals surface area contributed by atoms with E-state index in [1.807, 2.05) is 0 Å². The largest absolute Gasteiger partial charge is 0.480 e. The summed E-state index contributed by atoms with van der Waals surface area (Å²) in [7, 11) is 1.69. The minimum absolute atomic E-state index is 0.0153. The fourth-order valence-electron chi connectivity index (χ4n) is 3.48. The van der Waals surface area contributed by atoms with Crippen LogP contribution in [-0.4, -0.2) is 38.8 Å². The number of rotatable bonds is 5. The van der Waals surface area contributed by atoms with Crippen LogP contribution in [0.4, 0.5) is 16.2 Å². The number of hydrogen-bond acceptors (Lipinski definition) is 4. The van der Waals surface area contributed by atoms with Crippen molar-refractivity contribution < 1.29 is 19.1 Å². The van der Waals surface area contributed by atoms with Crippen molar-refractivity contribution in [1.82, 2.24) is 5.32 Å². The normalized spacial score (nSPS) is 18.1. The van der Waals surface area contributed by atoms with Crippen LogP contribution in [-0.2, 0) is 9.53 Å². The lowest BCUT2D eigenvalue weighted by Crippen LogP contribution is -2.40. The number of fused-ring (bicyclic) bond motifs is 1. The number of carbonyl (C=O) groups excluding carboxylic acids is 2. The smallest absolute Gasteiger partial charge is 0.319 e. The van der Waals surface area contributed by atoms with Crippen molar-refractivity contribution in [3.8, 4) is 5.75 Å². The molecule has 0 radical (unpaired) electrons. The van der Waals surface area contributed by atoms with E-state index in [1.165, 1.54) is 0 Å². The Labute approximate surface area is 151 Å². The summed E-state index contributed by atoms with van der Waals surface area (Å²) in [5.41, 5.74) is 0.950. The van der Waals surface area contributed by atoms with Crippen LogP contribution in [0.1, 0.15) is 25.7 Å². The molecule has 1 saturated carbocycles. The lowest BCUT2D eigenvalue weighted by Gasteiger charge is -2.28. The van der Waals surface area contributed by atoms with Crippen molar-refractivity contribution in [2.24, 2.45) is 5.41 Å². The molecule has 0 bridgehead atoms. The van der Waals surface area contributed by atoms with Crippen LogP contribution in [0.3, 0.4) is 0 Å². The zero-order chi connectivity index (χ0) is 17.9. The van der Waals surface area contributed by atoms with Crippen molar-refractivity contribution in [1.29, 1.82) is 0 Å². The van der Waals surface area contributed by atoms with Gasteiger partial charge in [0.25, 0.3) is 5.91 Å². The molecule has 0 aromatic heterocycles. The fourth-order valence-corrected chi connectivity index (χ4v) is 3.75. The number of methoxy groups -OCH3 is 1. The fraction of sp³-hybridized carbons (Fsp3) is 0.529. The zero-order valence-corrected chi connectivity index (χ0v) is 14.9. The van der Waals surface area contributed by atoms with Gasteiger partial charge in [0.15, 0.2) is 12.4 Å². The second-order valence-corrected chi connectivity index (χ2v) is 7.03. The van der Waals surface area contributed by atoms with E-state index >= 15 is 0 Å². The van der Waals surface area contributed by atoms with Gasteiger partial charge in [-0.25, -0.2) is 4.79 Å². The van der Waals surface area contributed by atoms with E-state index in [4.69, 9.17) is 21.1 Å². The summed E-state index contributed by atoms with van der Waals surface area (Å²) >= 11 is 6.16. The maximum Gasteiger partial charge on any atom is 0.319 e. The highest BCUT2D eigenvalue weighted by Gasteiger charge is 2.34. The third kappa shape index (κ3) is 4.16. The predicted molar refractivity (Wildman–Crippen MR) is 95.4 cm³/mol. The molecule has 136 valence electrons. The van der Waals surface area contributed by atoms with Gasteiger partial charge in [0.1, 0.15) is 0 Å². The van der Waals surface area contributed by atoms with Crippen LogP contribution in [0.2, 0.25) is 5.02 Å². The first kappa shape index (κ1) is 17.8. The van der Waals surface area contributed by atoms with E-state index in [0.29, 0.717) is 35.3 Å². The average Bonchev–Trinajstić information content (AvgIpc) is 3.02. The van der Waals surface area contributed by atoms with Gasteiger partial charge < -0.3 is 25.4 Å². The minimum atomic E-state index is -0.318. The van der Waals surface area contributed by atoms with Gasteiger partial charge in [0.2, 0.25) is 0 Å². The van der Waals surface area contributed by atoms with Gasteiger partial charge >= 0.3 is 6.03 Å². The van der Waals surface area contributed by atoms with Crippen molar-refractivity contribution >= 4 is 34.9 Å². The third-order valence-electron chi connectivity index (χ3n) is 4.66. The molecule has 1 aliphatic heterocycles. The molecule has 3 amide bonds. The Balaban J connectivity index is 1.62. The summed E-state index contributed by atoms with van der Waals surface area (Å²) in [5, 5.41) is 8.67. The molecule has 7 nitrogen and oxygen atoms in total. The highest BCUT2D eigenvalue weighted by atomic mass is 35.5. The molecular weight excluding hydrogens is 346 g/mol. The molecule has 0 unspecified atom stereocenters. The molecular formula is C17H22ClN3O4. The first-order valence-corrected chi connectivity index (χ1v) is 8.69. The molecule has 25 heavy (non-hydrogen) atoms. The number of urea groups is 1. The molecule has 0 spiro atoms. The molecule has 1 heterocycles. The number of carbonyl (C=O) groups is 2. The summed E-state index contributed by atoms with van der Waals surface area (Å²) < 4.78 is 10.6. The zero-order valence-electron chi connectivity index (χ0n) is 14.1. The Bertz CT molecular complexity index is 674. The number of ether oxygens (including phenoxy) is 2. The highest BCUT2D eigenvalue weighted by Crippen LogP contribution is 2.39. The third-order valence-corrected chi connectivity index (χ3v) is 4.94. The first-order valence-electron chi connectivity index (χ1n) is 8.31. The Morgan fingerprint density at radius 3 is 2.88 bits per heavy atom. The van der Waals surface area contributed by atoms with Crippen molar-refractivity contribution in [2.75, 3.05) is 37.5 Å². The second-order valence-electron chi connectivity index (χ2n) is 6.62. The van der Waals surface area contributed by atoms with Crippen molar-refractivity contribution in [3.05, 3.63) is 17.2 Å². The summed E-state index contributed by atoms with van der Waals surface area (Å²) in [4.78, 5) is 23.7. The van der Waals surface area contributed by atoms with Crippen molar-refractivity contribution in [3.63, 3.8) is 0 Å². The molecule has 3 N–H and O–H groups in total. The summed E-state index contributed by atoms with van der Waals surface area (Å²) in [6.45, 7) is 1.13. The van der Waals surface area contributed by atoms with Crippen LogP contribution >= 0.6 is 11.6 Å². The summed E-state index contributed by atoms with van der Waals surface area (Å²) in [6.07, 6.45) is 4.42. The van der Waals surface area contributed by atoms with Gasteiger partial charge in [-0.3, -0.25) is 4.79 Å². The van der Waals surface area contributed by atoms with Gasteiger partial charge in [-0.15, -0.1) is 0 Å². The maximum atomic E-state index is 12.2. The molecule has 1 aliphatic carbocycles. The van der Waals surface area contributed by atoms with Crippen LogP contribution in [0, 0.1) is 5.41 Å². The maximum absolute atomic E-state index is 12.2. The molecule has 3 rings (SSSR count). The number of benzene rings is 1. The monoisotopic (exact) mass is 367 g/mol. The molecule has 1 fully saturated rings. The van der Waals surface area contributed by atoms with E-state index in [0.717, 1.165) is 25.7 Å². The van der Waals surface area contributed by atoms with E-state index in [9.17, 15) is 9.59 Å². The Hall–Kier alpha value is -1.99. The highest BCUT2D eigenvalue weighted by molar-refractivity contribution is 6.33. The Morgan fingerprint density at radius 1 is 1.40 bits per heavy atom. The van der Waals surface area contributed by atoms with Crippen LogP contribution in [0.5, 0.6) is 5.75 Å². The quantitative estimate of drug-likeness (QED) is 0.746. The Morgan fingerprint density at radius 2 is 2.16 bits per heavy atom. The number of hydrogen-bond donors (Lipinski definition) is 3. The molecule has 8 heteroatoms. The van der Waals surface area contributed by atoms with E-state index in [-0.39, 0.29) is 24.0 Å². The molecule has 1 aromatic rings. The molecule has 0 atom stereocenters. The topological polar surface area (TPSA) is 88.7 Å². The van der Waals surface area contributed by atoms with Gasteiger partial charge in [-0.1, -0.05) is 24.4 Å². The number of amides is 3. The molecule has 0 saturated heterocycles. The summed E-state index contributed by atoms with van der Waals surface area (Å²) in [5.74, 6) is 0.158. The first-order chi connectivity index (χ1) is 12.0. The minimum Gasteiger partial charge on any atom is -0.480 e. The number of anilines is 2. The summed E-state index contributed by atoms with van der Waals surface area (Å²) in [6, 6.07) is 2.90. The van der Waals surface area contributed by atoms with Crippen LogP contribution < -0.4 is 20.7 Å². The Kier molecular flexibility index (Phi) is 5.34. The van der Waals surface area contributed by atoms with Crippen LogP contribution in [0.25, 0.3) is 0 Å². The van der Waals surface area contributed by atoms with Crippen molar-refractivity contribution in [2.45, 2.75) is 25.7 Å². The molecule has 1 aromatic carbocycles. The van der Waals surface area contributed by atoms with E-state index in [1.54, 1.807) is 19.2 Å². The lowest BCUT2D eigenvalue weighted by molar-refractivity contribution is -0.118. The van der Waals surface area contributed by atoms with Crippen LogP contribution in [0.15, 0.2) is 12.1 Å². The number of halogens is 1. The van der Waals surface area contributed by atoms with Gasteiger partial charge in [-0.05, 0) is 25.0 Å². The van der Waals surface area contributed by atoms with E-state index in [2.05, 4.69) is 16.0 Å². The predicted octanol–water partition coefficient (Wildman–Crippen LogP) is 3.00.